The molecule has 2 aliphatic rings. The molecule has 2 atom stereocenters. The van der Waals surface area contributed by atoms with Crippen molar-refractivity contribution in [3.63, 3.8) is 0 Å². The molecule has 0 radical (unpaired) electrons. The molecule has 0 aliphatic carbocycles. The van der Waals surface area contributed by atoms with Crippen molar-refractivity contribution in [1.29, 1.82) is 0 Å². The smallest absolute Gasteiger partial charge is 0.194 e. The lowest BCUT2D eigenvalue weighted by Gasteiger charge is -2.42. The first-order valence-corrected chi connectivity index (χ1v) is 10.2. The molecule has 1 N–H and O–H groups in total. The van der Waals surface area contributed by atoms with Crippen LogP contribution in [0, 0.1) is 12.8 Å². The Balaban J connectivity index is 1.48. The van der Waals surface area contributed by atoms with Gasteiger partial charge in [0.1, 0.15) is 5.82 Å². The van der Waals surface area contributed by atoms with Gasteiger partial charge in [0.15, 0.2) is 11.8 Å². The number of aliphatic imine (C=N–C) groups is 1. The average molecular weight is 383 g/mol. The van der Waals surface area contributed by atoms with Crippen LogP contribution in [0.25, 0.3) is 0 Å². The highest BCUT2D eigenvalue weighted by atomic mass is 16.5. The number of ether oxygens (including phenoxy) is 1. The Hall–Kier alpha value is -2.41. The molecule has 3 heterocycles. The standard InChI is InChI=1S/C21H30N6O/c1-16-24-25-20(26(16)2)14-23-21(22-13-17-7-4-3-5-8-17)27-11-10-19-18(15-27)9-6-12-28-19/h3-5,7-8,18-19H,6,9-15H2,1-2H3,(H,22,23). The Morgan fingerprint density at radius 1 is 1.25 bits per heavy atom. The first-order valence-electron chi connectivity index (χ1n) is 10.2. The topological polar surface area (TPSA) is 67.6 Å². The molecular formula is C21H30N6O. The Kier molecular flexibility index (Phi) is 5.90. The van der Waals surface area contributed by atoms with E-state index in [1.54, 1.807) is 0 Å². The fraction of sp³-hybridized carbons (Fsp3) is 0.571. The van der Waals surface area contributed by atoms with Gasteiger partial charge in [-0.3, -0.25) is 0 Å². The summed E-state index contributed by atoms with van der Waals surface area (Å²) in [5.74, 6) is 3.39. The number of hydrogen-bond donors (Lipinski definition) is 1. The maximum atomic E-state index is 5.98. The van der Waals surface area contributed by atoms with E-state index in [9.17, 15) is 0 Å². The van der Waals surface area contributed by atoms with Crippen LogP contribution in [0.15, 0.2) is 35.3 Å². The normalized spacial score (nSPS) is 22.8. The third kappa shape index (κ3) is 4.35. The predicted octanol–water partition coefficient (Wildman–Crippen LogP) is 2.27. The molecule has 2 aliphatic heterocycles. The summed E-state index contributed by atoms with van der Waals surface area (Å²) in [5.41, 5.74) is 1.21. The Labute approximate surface area is 166 Å². The number of aromatic nitrogens is 3. The van der Waals surface area contributed by atoms with Crippen LogP contribution < -0.4 is 5.32 Å². The molecule has 7 nitrogen and oxygen atoms in total. The van der Waals surface area contributed by atoms with Gasteiger partial charge < -0.3 is 19.5 Å². The van der Waals surface area contributed by atoms with E-state index in [0.717, 1.165) is 50.1 Å². The van der Waals surface area contributed by atoms with Gasteiger partial charge in [0.2, 0.25) is 0 Å². The number of piperidine rings is 1. The molecule has 1 aromatic heterocycles. The molecular weight excluding hydrogens is 352 g/mol. The SMILES string of the molecule is Cc1nnc(CNC(=NCc2ccccc2)N2CCC3OCCCC3C2)n1C. The summed E-state index contributed by atoms with van der Waals surface area (Å²) in [4.78, 5) is 7.33. The minimum Gasteiger partial charge on any atom is -0.378 e. The highest BCUT2D eigenvalue weighted by molar-refractivity contribution is 5.80. The van der Waals surface area contributed by atoms with Crippen molar-refractivity contribution >= 4 is 5.96 Å². The molecule has 0 spiro atoms. The lowest BCUT2D eigenvalue weighted by Crippen LogP contribution is -2.52. The highest BCUT2D eigenvalue weighted by Crippen LogP contribution is 2.28. The first-order chi connectivity index (χ1) is 13.7. The maximum absolute atomic E-state index is 5.98. The summed E-state index contributed by atoms with van der Waals surface area (Å²) in [6, 6.07) is 10.4. The summed E-state index contributed by atoms with van der Waals surface area (Å²) in [6.07, 6.45) is 3.90. The van der Waals surface area contributed by atoms with Gasteiger partial charge in [0.05, 0.1) is 19.2 Å². The summed E-state index contributed by atoms with van der Waals surface area (Å²) in [6.45, 7) is 6.14. The van der Waals surface area contributed by atoms with Crippen LogP contribution in [0.3, 0.4) is 0 Å². The van der Waals surface area contributed by atoms with E-state index < -0.39 is 0 Å². The summed E-state index contributed by atoms with van der Waals surface area (Å²) < 4.78 is 8.00. The minimum absolute atomic E-state index is 0.418. The lowest BCUT2D eigenvalue weighted by atomic mass is 9.88. The van der Waals surface area contributed by atoms with Crippen molar-refractivity contribution in [3.8, 4) is 0 Å². The average Bonchev–Trinajstić information content (AvgIpc) is 3.06. The molecule has 0 bridgehead atoms. The number of likely N-dealkylation sites (tertiary alicyclic amines) is 1. The number of rotatable bonds is 4. The fourth-order valence-corrected chi connectivity index (χ4v) is 4.06. The van der Waals surface area contributed by atoms with Gasteiger partial charge in [0.25, 0.3) is 0 Å². The van der Waals surface area contributed by atoms with Gasteiger partial charge >= 0.3 is 0 Å². The molecule has 7 heteroatoms. The molecule has 2 unspecified atom stereocenters. The molecule has 2 saturated heterocycles. The van der Waals surface area contributed by atoms with E-state index in [1.165, 1.54) is 12.0 Å². The molecule has 28 heavy (non-hydrogen) atoms. The van der Waals surface area contributed by atoms with Crippen molar-refractivity contribution in [2.24, 2.45) is 18.0 Å². The Bertz CT molecular complexity index is 802. The van der Waals surface area contributed by atoms with E-state index in [-0.39, 0.29) is 0 Å². The second kappa shape index (κ2) is 8.73. The molecule has 2 aromatic rings. The highest BCUT2D eigenvalue weighted by Gasteiger charge is 2.33. The largest absolute Gasteiger partial charge is 0.378 e. The number of aryl methyl sites for hydroxylation is 1. The van der Waals surface area contributed by atoms with Gasteiger partial charge in [0, 0.05) is 32.7 Å². The van der Waals surface area contributed by atoms with Gasteiger partial charge in [-0.1, -0.05) is 30.3 Å². The van der Waals surface area contributed by atoms with Crippen molar-refractivity contribution < 1.29 is 4.74 Å². The van der Waals surface area contributed by atoms with Crippen LogP contribution in [0.1, 0.15) is 36.5 Å². The Morgan fingerprint density at radius 2 is 2.11 bits per heavy atom. The van der Waals surface area contributed by atoms with Gasteiger partial charge in [-0.05, 0) is 31.7 Å². The molecule has 0 saturated carbocycles. The summed E-state index contributed by atoms with van der Waals surface area (Å²) in [5, 5.41) is 12.0. The van der Waals surface area contributed by atoms with Crippen LogP contribution in [0.4, 0.5) is 0 Å². The number of guanidine groups is 1. The summed E-state index contributed by atoms with van der Waals surface area (Å²) in [7, 11) is 2.00. The fourth-order valence-electron chi connectivity index (χ4n) is 4.06. The van der Waals surface area contributed by atoms with Crippen LogP contribution in [0.2, 0.25) is 0 Å². The molecule has 4 rings (SSSR count). The number of benzene rings is 1. The van der Waals surface area contributed by atoms with Gasteiger partial charge in [-0.15, -0.1) is 10.2 Å². The quantitative estimate of drug-likeness (QED) is 0.649. The lowest BCUT2D eigenvalue weighted by molar-refractivity contribution is -0.0559. The zero-order valence-corrected chi connectivity index (χ0v) is 16.8. The number of nitrogens with one attached hydrogen (secondary N) is 1. The zero-order valence-electron chi connectivity index (χ0n) is 16.8. The van der Waals surface area contributed by atoms with Crippen molar-refractivity contribution in [2.45, 2.75) is 45.4 Å². The second-order valence-corrected chi connectivity index (χ2v) is 7.75. The van der Waals surface area contributed by atoms with Crippen LogP contribution in [0.5, 0.6) is 0 Å². The maximum Gasteiger partial charge on any atom is 0.194 e. The molecule has 1 aromatic carbocycles. The molecule has 150 valence electrons. The van der Waals surface area contributed by atoms with Crippen LogP contribution in [-0.4, -0.2) is 51.4 Å². The van der Waals surface area contributed by atoms with E-state index in [0.29, 0.717) is 25.1 Å². The van der Waals surface area contributed by atoms with Gasteiger partial charge in [-0.2, -0.15) is 0 Å². The predicted molar refractivity (Wildman–Crippen MR) is 109 cm³/mol. The van der Waals surface area contributed by atoms with Crippen LogP contribution >= 0.6 is 0 Å². The molecule has 2 fully saturated rings. The van der Waals surface area contributed by atoms with E-state index >= 15 is 0 Å². The first kappa shape index (κ1) is 18.9. The second-order valence-electron chi connectivity index (χ2n) is 7.75. The number of fused-ring (bicyclic) bond motifs is 1. The monoisotopic (exact) mass is 382 g/mol. The molecule has 0 amide bonds. The van der Waals surface area contributed by atoms with Gasteiger partial charge in [-0.25, -0.2) is 4.99 Å². The van der Waals surface area contributed by atoms with Crippen molar-refractivity contribution in [3.05, 3.63) is 47.5 Å². The zero-order chi connectivity index (χ0) is 19.3. The number of nitrogens with zero attached hydrogens (tertiary/aromatic N) is 5. The van der Waals surface area contributed by atoms with Crippen LogP contribution in [-0.2, 0) is 24.9 Å². The number of hydrogen-bond acceptors (Lipinski definition) is 4. The van der Waals surface area contributed by atoms with Crippen molar-refractivity contribution in [2.75, 3.05) is 19.7 Å². The van der Waals surface area contributed by atoms with E-state index in [2.05, 4.69) is 44.7 Å². The Morgan fingerprint density at radius 3 is 2.89 bits per heavy atom. The van der Waals surface area contributed by atoms with E-state index in [4.69, 9.17) is 9.73 Å². The minimum atomic E-state index is 0.418. The third-order valence-electron chi connectivity index (χ3n) is 5.86. The summed E-state index contributed by atoms with van der Waals surface area (Å²) >= 11 is 0. The third-order valence-corrected chi connectivity index (χ3v) is 5.86. The van der Waals surface area contributed by atoms with E-state index in [1.807, 2.05) is 24.6 Å². The van der Waals surface area contributed by atoms with Crippen molar-refractivity contribution in [1.82, 2.24) is 25.0 Å².